The maximum absolute atomic E-state index is 12.1. The Morgan fingerprint density at radius 1 is 1.35 bits per heavy atom. The first-order valence-corrected chi connectivity index (χ1v) is 7.04. The van der Waals surface area contributed by atoms with Crippen LogP contribution in [0.3, 0.4) is 0 Å². The maximum Gasteiger partial charge on any atom is 0.324 e. The van der Waals surface area contributed by atoms with E-state index in [2.05, 4.69) is 0 Å². The summed E-state index contributed by atoms with van der Waals surface area (Å²) in [5, 5.41) is 0. The van der Waals surface area contributed by atoms with E-state index in [9.17, 15) is 9.59 Å². The van der Waals surface area contributed by atoms with Gasteiger partial charge in [0.1, 0.15) is 17.7 Å². The molecule has 2 N–H and O–H groups in total. The average Bonchev–Trinajstić information content (AvgIpc) is 2.68. The highest BCUT2D eigenvalue weighted by Gasteiger charge is 2.42. The van der Waals surface area contributed by atoms with E-state index < -0.39 is 17.6 Å². The third kappa shape index (κ3) is 4.18. The number of esters is 2. The van der Waals surface area contributed by atoms with Crippen molar-refractivity contribution in [3.8, 4) is 0 Å². The van der Waals surface area contributed by atoms with E-state index in [-0.39, 0.29) is 18.1 Å². The van der Waals surface area contributed by atoms with Gasteiger partial charge in [-0.1, -0.05) is 0 Å². The van der Waals surface area contributed by atoms with Gasteiger partial charge < -0.3 is 15.2 Å². The third-order valence-electron chi connectivity index (χ3n) is 3.40. The van der Waals surface area contributed by atoms with Crippen molar-refractivity contribution < 1.29 is 19.1 Å². The summed E-state index contributed by atoms with van der Waals surface area (Å²) in [4.78, 5) is 25.6. The summed E-state index contributed by atoms with van der Waals surface area (Å²) in [6.07, 6.45) is 1.32. The van der Waals surface area contributed by atoms with E-state index in [1.165, 1.54) is 0 Å². The Labute approximate surface area is 120 Å². The minimum atomic E-state index is -0.729. The quantitative estimate of drug-likeness (QED) is 0.765. The van der Waals surface area contributed by atoms with Gasteiger partial charge in [-0.2, -0.15) is 0 Å². The van der Waals surface area contributed by atoms with Gasteiger partial charge >= 0.3 is 11.9 Å². The van der Waals surface area contributed by atoms with Crippen LogP contribution in [-0.2, 0) is 19.1 Å². The van der Waals surface area contributed by atoms with Gasteiger partial charge in [-0.05, 0) is 47.6 Å². The van der Waals surface area contributed by atoms with Crippen molar-refractivity contribution in [2.45, 2.75) is 64.3 Å². The van der Waals surface area contributed by atoms with Crippen LogP contribution < -0.4 is 5.73 Å². The first kappa shape index (κ1) is 16.9. The smallest absolute Gasteiger partial charge is 0.324 e. The SMILES string of the molecule is CCOC(=O)[C@H](N)[C@H]1CC[C@H](C(=O)OC(C)(C)C)N1C. The predicted molar refractivity (Wildman–Crippen MR) is 75.0 cm³/mol. The summed E-state index contributed by atoms with van der Waals surface area (Å²) in [7, 11) is 1.80. The number of nitrogens with two attached hydrogens (primary N) is 1. The summed E-state index contributed by atoms with van der Waals surface area (Å²) in [6.45, 7) is 7.55. The topological polar surface area (TPSA) is 81.9 Å². The van der Waals surface area contributed by atoms with Crippen LogP contribution in [-0.4, -0.2) is 54.2 Å². The lowest BCUT2D eigenvalue weighted by Crippen LogP contribution is -2.51. The first-order chi connectivity index (χ1) is 9.17. The van der Waals surface area contributed by atoms with Gasteiger partial charge in [-0.3, -0.25) is 14.5 Å². The Balaban J connectivity index is 2.65. The van der Waals surface area contributed by atoms with Gasteiger partial charge in [-0.15, -0.1) is 0 Å². The average molecular weight is 286 g/mol. The second-order valence-electron chi connectivity index (χ2n) is 6.14. The second kappa shape index (κ2) is 6.54. The van der Waals surface area contributed by atoms with Crippen LogP contribution in [0, 0.1) is 0 Å². The van der Waals surface area contributed by atoms with Crippen LogP contribution in [0.2, 0.25) is 0 Å². The summed E-state index contributed by atoms with van der Waals surface area (Å²) in [5.41, 5.74) is 5.41. The van der Waals surface area contributed by atoms with Gasteiger partial charge in [0.25, 0.3) is 0 Å². The molecule has 0 aromatic carbocycles. The molecular weight excluding hydrogens is 260 g/mol. The van der Waals surface area contributed by atoms with Crippen LogP contribution in [0.25, 0.3) is 0 Å². The molecule has 1 fully saturated rings. The van der Waals surface area contributed by atoms with Crippen LogP contribution in [0.1, 0.15) is 40.5 Å². The zero-order chi connectivity index (χ0) is 15.5. The monoisotopic (exact) mass is 286 g/mol. The summed E-state index contributed by atoms with van der Waals surface area (Å²) >= 11 is 0. The lowest BCUT2D eigenvalue weighted by molar-refractivity contribution is -0.161. The molecule has 1 aliphatic heterocycles. The van der Waals surface area contributed by atoms with Crippen LogP contribution in [0.5, 0.6) is 0 Å². The second-order valence-corrected chi connectivity index (χ2v) is 6.14. The largest absolute Gasteiger partial charge is 0.465 e. The van der Waals surface area contributed by atoms with Crippen LogP contribution in [0.4, 0.5) is 0 Å². The molecule has 0 saturated carbocycles. The molecule has 0 aliphatic carbocycles. The molecule has 6 nitrogen and oxygen atoms in total. The number of carbonyl (C=O) groups excluding carboxylic acids is 2. The molecule has 1 rings (SSSR count). The lowest BCUT2D eigenvalue weighted by Gasteiger charge is -2.29. The zero-order valence-electron chi connectivity index (χ0n) is 13.0. The molecule has 116 valence electrons. The molecule has 3 atom stereocenters. The van der Waals surface area contributed by atoms with Gasteiger partial charge in [0.05, 0.1) is 6.61 Å². The van der Waals surface area contributed by atoms with Crippen molar-refractivity contribution >= 4 is 11.9 Å². The van der Waals surface area contributed by atoms with Crippen molar-refractivity contribution in [3.05, 3.63) is 0 Å². The zero-order valence-corrected chi connectivity index (χ0v) is 13.0. The molecule has 0 amide bonds. The van der Waals surface area contributed by atoms with Crippen molar-refractivity contribution in [2.75, 3.05) is 13.7 Å². The fourth-order valence-corrected chi connectivity index (χ4v) is 2.45. The number of carbonyl (C=O) groups is 2. The maximum atomic E-state index is 12.1. The Kier molecular flexibility index (Phi) is 5.53. The van der Waals surface area contributed by atoms with E-state index in [0.717, 1.165) is 0 Å². The highest BCUT2D eigenvalue weighted by Crippen LogP contribution is 2.26. The van der Waals surface area contributed by atoms with Crippen LogP contribution in [0.15, 0.2) is 0 Å². The van der Waals surface area contributed by atoms with E-state index in [0.29, 0.717) is 19.4 Å². The molecule has 1 aliphatic rings. The molecule has 0 spiro atoms. The Morgan fingerprint density at radius 3 is 2.45 bits per heavy atom. The van der Waals surface area contributed by atoms with E-state index >= 15 is 0 Å². The van der Waals surface area contributed by atoms with Crippen LogP contribution >= 0.6 is 0 Å². The summed E-state index contributed by atoms with van der Waals surface area (Å²) in [6, 6.07) is -1.27. The highest BCUT2D eigenvalue weighted by molar-refractivity contribution is 5.79. The third-order valence-corrected chi connectivity index (χ3v) is 3.40. The molecular formula is C14H26N2O4. The minimum absolute atomic E-state index is 0.188. The van der Waals surface area contributed by atoms with Gasteiger partial charge in [-0.25, -0.2) is 0 Å². The number of likely N-dealkylation sites (N-methyl/N-ethyl adjacent to an activating group) is 1. The standard InChI is InChI=1S/C14H26N2O4/c1-6-19-13(18)11(15)9-7-8-10(16(9)5)12(17)20-14(2,3)4/h9-11H,6-8,15H2,1-5H3/t9-,10-,11-/m1/s1. The molecule has 0 aromatic rings. The molecule has 20 heavy (non-hydrogen) atoms. The number of nitrogens with zero attached hydrogens (tertiary/aromatic N) is 1. The summed E-state index contributed by atoms with van der Waals surface area (Å²) in [5.74, 6) is -0.687. The van der Waals surface area contributed by atoms with E-state index in [1.54, 1.807) is 14.0 Å². The fourth-order valence-electron chi connectivity index (χ4n) is 2.45. The molecule has 6 heteroatoms. The van der Waals surface area contributed by atoms with Crippen molar-refractivity contribution in [3.63, 3.8) is 0 Å². The molecule has 1 heterocycles. The Hall–Kier alpha value is -1.14. The molecule has 1 saturated heterocycles. The van der Waals surface area contributed by atoms with E-state index in [4.69, 9.17) is 15.2 Å². The van der Waals surface area contributed by atoms with Crippen molar-refractivity contribution in [2.24, 2.45) is 5.73 Å². The number of hydrogen-bond donors (Lipinski definition) is 1. The van der Waals surface area contributed by atoms with E-state index in [1.807, 2.05) is 25.7 Å². The first-order valence-electron chi connectivity index (χ1n) is 7.04. The van der Waals surface area contributed by atoms with Gasteiger partial charge in [0.2, 0.25) is 0 Å². The number of ether oxygens (including phenoxy) is 2. The highest BCUT2D eigenvalue weighted by atomic mass is 16.6. The van der Waals surface area contributed by atoms with Crippen molar-refractivity contribution in [1.82, 2.24) is 4.90 Å². The molecule has 0 radical (unpaired) electrons. The Bertz CT molecular complexity index is 365. The normalized spacial score (nSPS) is 25.3. The minimum Gasteiger partial charge on any atom is -0.465 e. The van der Waals surface area contributed by atoms with Gasteiger partial charge in [0, 0.05) is 6.04 Å². The number of rotatable bonds is 4. The lowest BCUT2D eigenvalue weighted by atomic mass is 10.1. The van der Waals surface area contributed by atoms with Gasteiger partial charge in [0.15, 0.2) is 0 Å². The molecule has 0 unspecified atom stereocenters. The van der Waals surface area contributed by atoms with Crippen molar-refractivity contribution in [1.29, 1.82) is 0 Å². The Morgan fingerprint density at radius 2 is 1.95 bits per heavy atom. The molecule has 0 aromatic heterocycles. The number of likely N-dealkylation sites (tertiary alicyclic amines) is 1. The predicted octanol–water partition coefficient (Wildman–Crippen LogP) is 0.681. The fraction of sp³-hybridized carbons (Fsp3) is 0.857. The molecule has 0 bridgehead atoms. The summed E-state index contributed by atoms with van der Waals surface area (Å²) < 4.78 is 10.3. The number of hydrogen-bond acceptors (Lipinski definition) is 6.